The predicted molar refractivity (Wildman–Crippen MR) is 75.7 cm³/mol. The van der Waals surface area contributed by atoms with Gasteiger partial charge in [-0.3, -0.25) is 4.79 Å². The summed E-state index contributed by atoms with van der Waals surface area (Å²) in [7, 11) is 0. The van der Waals surface area contributed by atoms with Gasteiger partial charge in [0.15, 0.2) is 0 Å². The van der Waals surface area contributed by atoms with Gasteiger partial charge in [-0.15, -0.1) is 0 Å². The molecule has 1 aliphatic carbocycles. The van der Waals surface area contributed by atoms with Gasteiger partial charge in [0, 0.05) is 6.54 Å². The minimum absolute atomic E-state index is 0.133. The van der Waals surface area contributed by atoms with Crippen molar-refractivity contribution < 1.29 is 14.3 Å². The van der Waals surface area contributed by atoms with E-state index in [-0.39, 0.29) is 18.1 Å². The number of amides is 1. The van der Waals surface area contributed by atoms with Crippen molar-refractivity contribution in [2.24, 2.45) is 5.92 Å². The van der Waals surface area contributed by atoms with Gasteiger partial charge in [0.1, 0.15) is 5.82 Å². The molecule has 3 nitrogen and oxygen atoms in total. The van der Waals surface area contributed by atoms with Crippen LogP contribution in [-0.2, 0) is 11.2 Å². The van der Waals surface area contributed by atoms with E-state index in [0.29, 0.717) is 12.5 Å². The van der Waals surface area contributed by atoms with E-state index in [1.807, 2.05) is 0 Å². The van der Waals surface area contributed by atoms with Crippen LogP contribution in [0.5, 0.6) is 0 Å². The van der Waals surface area contributed by atoms with Crippen LogP contribution < -0.4 is 5.32 Å². The van der Waals surface area contributed by atoms with Gasteiger partial charge in [-0.2, -0.15) is 0 Å². The lowest BCUT2D eigenvalue weighted by Gasteiger charge is -2.26. The summed E-state index contributed by atoms with van der Waals surface area (Å²) in [5.74, 6) is -0.122. The molecule has 0 spiro atoms. The molecule has 0 aliphatic heterocycles. The maximum Gasteiger partial charge on any atom is 0.224 e. The first-order valence-corrected chi connectivity index (χ1v) is 7.34. The summed E-state index contributed by atoms with van der Waals surface area (Å²) >= 11 is 0. The quantitative estimate of drug-likeness (QED) is 0.869. The zero-order valence-electron chi connectivity index (χ0n) is 11.6. The molecule has 1 atom stereocenters. The summed E-state index contributed by atoms with van der Waals surface area (Å²) in [6.07, 6.45) is 5.46. The molecule has 0 bridgehead atoms. The number of aliphatic hydroxyl groups is 1. The Kier molecular flexibility index (Phi) is 5.53. The smallest absolute Gasteiger partial charge is 0.224 e. The standard InChI is InChI=1S/C16H22FNO2/c17-14-8-6-12(7-9-14)10-16(20)18-11-15(19)13-4-2-1-3-5-13/h6-9,13,15,19H,1-5,10-11H2,(H,18,20)/t15-/m1/s1. The second-order valence-corrected chi connectivity index (χ2v) is 5.57. The second kappa shape index (κ2) is 7.39. The number of benzene rings is 1. The van der Waals surface area contributed by atoms with Gasteiger partial charge in [0.05, 0.1) is 12.5 Å². The minimum Gasteiger partial charge on any atom is -0.391 e. The number of carbonyl (C=O) groups excluding carboxylic acids is 1. The monoisotopic (exact) mass is 279 g/mol. The lowest BCUT2D eigenvalue weighted by molar-refractivity contribution is -0.121. The number of halogens is 1. The van der Waals surface area contributed by atoms with Gasteiger partial charge in [-0.25, -0.2) is 4.39 Å². The van der Waals surface area contributed by atoms with Crippen LogP contribution in [-0.4, -0.2) is 23.7 Å². The van der Waals surface area contributed by atoms with Gasteiger partial charge in [0.2, 0.25) is 5.91 Å². The van der Waals surface area contributed by atoms with E-state index in [9.17, 15) is 14.3 Å². The van der Waals surface area contributed by atoms with Crippen molar-refractivity contribution >= 4 is 5.91 Å². The lowest BCUT2D eigenvalue weighted by atomic mass is 9.85. The van der Waals surface area contributed by atoms with Crippen LogP contribution in [0.2, 0.25) is 0 Å². The Bertz CT molecular complexity index is 427. The molecule has 1 aromatic rings. The molecular weight excluding hydrogens is 257 g/mol. The average Bonchev–Trinajstić information content (AvgIpc) is 2.48. The van der Waals surface area contributed by atoms with Crippen molar-refractivity contribution in [3.8, 4) is 0 Å². The Morgan fingerprint density at radius 2 is 1.90 bits per heavy atom. The fourth-order valence-corrected chi connectivity index (χ4v) is 2.75. The summed E-state index contributed by atoms with van der Waals surface area (Å²) in [4.78, 5) is 11.8. The highest BCUT2D eigenvalue weighted by Crippen LogP contribution is 2.26. The van der Waals surface area contributed by atoms with Gasteiger partial charge in [0.25, 0.3) is 0 Å². The summed E-state index contributed by atoms with van der Waals surface area (Å²) in [6.45, 7) is 0.310. The van der Waals surface area contributed by atoms with E-state index in [2.05, 4.69) is 5.32 Å². The molecule has 0 aromatic heterocycles. The molecule has 1 saturated carbocycles. The first kappa shape index (κ1) is 15.0. The molecule has 0 unspecified atom stereocenters. The molecule has 20 heavy (non-hydrogen) atoms. The SMILES string of the molecule is O=C(Cc1ccc(F)cc1)NC[C@@H](O)C1CCCCC1. The van der Waals surface area contributed by atoms with Gasteiger partial charge >= 0.3 is 0 Å². The molecule has 1 amide bonds. The van der Waals surface area contributed by atoms with Gasteiger partial charge in [-0.05, 0) is 36.5 Å². The number of nitrogens with one attached hydrogen (secondary N) is 1. The Balaban J connectivity index is 1.72. The summed E-state index contributed by atoms with van der Waals surface area (Å²) in [6, 6.07) is 5.90. The number of hydrogen-bond acceptors (Lipinski definition) is 2. The predicted octanol–water partition coefficient (Wildman–Crippen LogP) is 2.43. The third-order valence-corrected chi connectivity index (χ3v) is 3.98. The van der Waals surface area contributed by atoms with E-state index in [0.717, 1.165) is 18.4 Å². The third kappa shape index (κ3) is 4.60. The Labute approximate surface area is 119 Å². The number of aliphatic hydroxyl groups excluding tert-OH is 1. The lowest BCUT2D eigenvalue weighted by Crippen LogP contribution is -2.37. The maximum absolute atomic E-state index is 12.8. The topological polar surface area (TPSA) is 49.3 Å². The number of rotatable bonds is 5. The maximum atomic E-state index is 12.8. The van der Waals surface area contributed by atoms with Crippen LogP contribution in [0.3, 0.4) is 0 Å². The highest BCUT2D eigenvalue weighted by Gasteiger charge is 2.21. The Morgan fingerprint density at radius 1 is 1.25 bits per heavy atom. The highest BCUT2D eigenvalue weighted by molar-refractivity contribution is 5.78. The molecule has 4 heteroatoms. The fourth-order valence-electron chi connectivity index (χ4n) is 2.75. The zero-order valence-corrected chi connectivity index (χ0v) is 11.6. The van der Waals surface area contributed by atoms with Crippen LogP contribution in [0, 0.1) is 11.7 Å². The Morgan fingerprint density at radius 3 is 2.55 bits per heavy atom. The summed E-state index contributed by atoms with van der Waals surface area (Å²) in [5, 5.41) is 12.8. The van der Waals surface area contributed by atoms with Crippen molar-refractivity contribution in [1.82, 2.24) is 5.32 Å². The van der Waals surface area contributed by atoms with E-state index in [4.69, 9.17) is 0 Å². The molecule has 1 fully saturated rings. The van der Waals surface area contributed by atoms with Crippen molar-refractivity contribution in [3.05, 3.63) is 35.6 Å². The van der Waals surface area contributed by atoms with E-state index >= 15 is 0 Å². The molecule has 2 rings (SSSR count). The van der Waals surface area contributed by atoms with Crippen LogP contribution >= 0.6 is 0 Å². The first-order valence-electron chi connectivity index (χ1n) is 7.34. The molecule has 2 N–H and O–H groups in total. The second-order valence-electron chi connectivity index (χ2n) is 5.57. The van der Waals surface area contributed by atoms with Crippen LogP contribution in [0.4, 0.5) is 4.39 Å². The molecular formula is C16H22FNO2. The third-order valence-electron chi connectivity index (χ3n) is 3.98. The van der Waals surface area contributed by atoms with Crippen LogP contribution in [0.25, 0.3) is 0 Å². The fraction of sp³-hybridized carbons (Fsp3) is 0.562. The van der Waals surface area contributed by atoms with E-state index < -0.39 is 6.10 Å². The van der Waals surface area contributed by atoms with Crippen LogP contribution in [0.1, 0.15) is 37.7 Å². The minimum atomic E-state index is -0.451. The Hall–Kier alpha value is -1.42. The van der Waals surface area contributed by atoms with Crippen LogP contribution in [0.15, 0.2) is 24.3 Å². The largest absolute Gasteiger partial charge is 0.391 e. The zero-order chi connectivity index (χ0) is 14.4. The molecule has 0 heterocycles. The summed E-state index contributed by atoms with van der Waals surface area (Å²) in [5.41, 5.74) is 0.774. The summed E-state index contributed by atoms with van der Waals surface area (Å²) < 4.78 is 12.8. The van der Waals surface area contributed by atoms with E-state index in [1.165, 1.54) is 31.4 Å². The van der Waals surface area contributed by atoms with Crippen molar-refractivity contribution in [2.75, 3.05) is 6.54 Å². The van der Waals surface area contributed by atoms with E-state index in [1.54, 1.807) is 12.1 Å². The number of carbonyl (C=O) groups is 1. The van der Waals surface area contributed by atoms with Crippen molar-refractivity contribution in [1.29, 1.82) is 0 Å². The first-order chi connectivity index (χ1) is 9.65. The molecule has 0 radical (unpaired) electrons. The number of hydrogen-bond donors (Lipinski definition) is 2. The average molecular weight is 279 g/mol. The van der Waals surface area contributed by atoms with Crippen molar-refractivity contribution in [2.45, 2.75) is 44.6 Å². The normalized spacial score (nSPS) is 17.7. The molecule has 110 valence electrons. The molecule has 1 aromatic carbocycles. The van der Waals surface area contributed by atoms with Gasteiger partial charge in [-0.1, -0.05) is 31.4 Å². The highest BCUT2D eigenvalue weighted by atomic mass is 19.1. The van der Waals surface area contributed by atoms with Crippen molar-refractivity contribution in [3.63, 3.8) is 0 Å². The van der Waals surface area contributed by atoms with Gasteiger partial charge < -0.3 is 10.4 Å². The molecule has 1 aliphatic rings. The molecule has 0 saturated heterocycles.